The van der Waals surface area contributed by atoms with E-state index in [1.165, 1.54) is 0 Å². The Morgan fingerprint density at radius 2 is 1.79 bits per heavy atom. The average molecular weight is 342 g/mol. The van der Waals surface area contributed by atoms with E-state index in [0.29, 0.717) is 17.3 Å². The van der Waals surface area contributed by atoms with Gasteiger partial charge in [0.25, 0.3) is 0 Å². The Kier molecular flexibility index (Phi) is 4.40. The first-order chi connectivity index (χ1) is 11.5. The molecule has 1 aromatic heterocycles. The number of benzene rings is 2. The van der Waals surface area contributed by atoms with Gasteiger partial charge in [-0.2, -0.15) is 0 Å². The summed E-state index contributed by atoms with van der Waals surface area (Å²) in [5.41, 5.74) is 1.76. The molecule has 6 heteroatoms. The first-order valence-electron chi connectivity index (χ1n) is 7.63. The summed E-state index contributed by atoms with van der Waals surface area (Å²) in [7, 11) is -3.21. The monoisotopic (exact) mass is 342 g/mol. The van der Waals surface area contributed by atoms with Gasteiger partial charge < -0.3 is 10.4 Å². The number of phenols is 1. The number of nitrogens with zero attached hydrogens (tertiary/aromatic N) is 1. The second-order valence-corrected chi connectivity index (χ2v) is 7.75. The number of fused-ring (bicyclic) bond motifs is 1. The van der Waals surface area contributed by atoms with Crippen molar-refractivity contribution in [2.24, 2.45) is 0 Å². The molecular weight excluding hydrogens is 324 g/mol. The number of hydrogen-bond donors (Lipinski definition) is 2. The van der Waals surface area contributed by atoms with E-state index in [9.17, 15) is 13.5 Å². The zero-order valence-electron chi connectivity index (χ0n) is 13.2. The fourth-order valence-electron chi connectivity index (χ4n) is 2.37. The number of rotatable bonds is 5. The summed E-state index contributed by atoms with van der Waals surface area (Å²) >= 11 is 0. The fraction of sp³-hybridized carbons (Fsp3) is 0.167. The lowest BCUT2D eigenvalue weighted by atomic mass is 10.2. The van der Waals surface area contributed by atoms with Crippen molar-refractivity contribution in [3.05, 3.63) is 60.2 Å². The number of pyridine rings is 1. The third-order valence-corrected chi connectivity index (χ3v) is 5.54. The van der Waals surface area contributed by atoms with Crippen LogP contribution >= 0.6 is 0 Å². The van der Waals surface area contributed by atoms with Gasteiger partial charge in [0, 0.05) is 11.9 Å². The van der Waals surface area contributed by atoms with Gasteiger partial charge in [0.2, 0.25) is 0 Å². The van der Waals surface area contributed by atoms with E-state index in [1.807, 2.05) is 24.3 Å². The Morgan fingerprint density at radius 3 is 2.50 bits per heavy atom. The number of phenolic OH excluding ortho intramolecular Hbond substituents is 1. The molecule has 0 amide bonds. The van der Waals surface area contributed by atoms with Gasteiger partial charge in [-0.25, -0.2) is 13.4 Å². The minimum atomic E-state index is -3.21. The summed E-state index contributed by atoms with van der Waals surface area (Å²) in [6.45, 7) is 2.22. The lowest BCUT2D eigenvalue weighted by molar-refractivity contribution is 0.475. The molecule has 0 atom stereocenters. The number of sulfone groups is 1. The van der Waals surface area contributed by atoms with Crippen molar-refractivity contribution in [2.75, 3.05) is 11.1 Å². The lowest BCUT2D eigenvalue weighted by Gasteiger charge is -2.08. The van der Waals surface area contributed by atoms with E-state index >= 15 is 0 Å². The third kappa shape index (κ3) is 3.49. The van der Waals surface area contributed by atoms with Gasteiger partial charge in [-0.3, -0.25) is 0 Å². The molecule has 0 aliphatic carbocycles. The molecule has 24 heavy (non-hydrogen) atoms. The zero-order valence-corrected chi connectivity index (χ0v) is 14.0. The summed E-state index contributed by atoms with van der Waals surface area (Å²) < 4.78 is 23.9. The van der Waals surface area contributed by atoms with Crippen LogP contribution < -0.4 is 5.32 Å². The van der Waals surface area contributed by atoms with E-state index in [4.69, 9.17) is 0 Å². The van der Waals surface area contributed by atoms with E-state index in [0.717, 1.165) is 16.5 Å². The minimum absolute atomic E-state index is 0.0816. The van der Waals surface area contributed by atoms with Crippen LogP contribution in [0, 0.1) is 0 Å². The Hall–Kier alpha value is -2.60. The van der Waals surface area contributed by atoms with Crippen molar-refractivity contribution in [3.63, 3.8) is 0 Å². The predicted octanol–water partition coefficient (Wildman–Crippen LogP) is 3.35. The molecule has 0 unspecified atom stereocenters. The van der Waals surface area contributed by atoms with Crippen molar-refractivity contribution in [1.82, 2.24) is 4.98 Å². The van der Waals surface area contributed by atoms with Crippen molar-refractivity contribution in [2.45, 2.75) is 18.4 Å². The van der Waals surface area contributed by atoms with Crippen LogP contribution in [0.5, 0.6) is 5.75 Å². The van der Waals surface area contributed by atoms with Gasteiger partial charge in [-0.15, -0.1) is 0 Å². The standard InChI is InChI=1S/C18H18N2O3S/c1-2-24(22,23)16-8-9-17-14(11-16)5-10-18(20-17)19-12-13-3-6-15(21)7-4-13/h3-11,21H,2,12H2,1H3,(H,19,20). The molecule has 0 bridgehead atoms. The van der Waals surface area contributed by atoms with Crippen molar-refractivity contribution in [3.8, 4) is 5.75 Å². The molecule has 0 radical (unpaired) electrons. The number of aromatic nitrogens is 1. The zero-order chi connectivity index (χ0) is 17.2. The highest BCUT2D eigenvalue weighted by Gasteiger charge is 2.12. The highest BCUT2D eigenvalue weighted by Crippen LogP contribution is 2.21. The molecule has 0 fully saturated rings. The van der Waals surface area contributed by atoms with Crippen LogP contribution in [-0.4, -0.2) is 24.3 Å². The molecule has 0 spiro atoms. The van der Waals surface area contributed by atoms with Gasteiger partial charge in [0.15, 0.2) is 9.84 Å². The molecule has 0 saturated heterocycles. The smallest absolute Gasteiger partial charge is 0.178 e. The maximum atomic E-state index is 11.9. The Balaban J connectivity index is 1.81. The topological polar surface area (TPSA) is 79.3 Å². The van der Waals surface area contributed by atoms with Gasteiger partial charge in [0.05, 0.1) is 16.2 Å². The Labute approximate surface area is 140 Å². The molecule has 2 aromatic carbocycles. The molecule has 0 saturated carbocycles. The van der Waals surface area contributed by atoms with Crippen molar-refractivity contribution >= 4 is 26.6 Å². The second kappa shape index (κ2) is 6.49. The number of anilines is 1. The van der Waals surface area contributed by atoms with Crippen LogP contribution in [0.3, 0.4) is 0 Å². The highest BCUT2D eigenvalue weighted by atomic mass is 32.2. The van der Waals surface area contributed by atoms with Crippen LogP contribution in [0.25, 0.3) is 10.9 Å². The van der Waals surface area contributed by atoms with Crippen LogP contribution in [0.2, 0.25) is 0 Å². The number of nitrogens with one attached hydrogen (secondary N) is 1. The first kappa shape index (κ1) is 16.3. The predicted molar refractivity (Wildman–Crippen MR) is 94.9 cm³/mol. The van der Waals surface area contributed by atoms with E-state index < -0.39 is 9.84 Å². The van der Waals surface area contributed by atoms with E-state index in [-0.39, 0.29) is 11.5 Å². The molecular formula is C18H18N2O3S. The summed E-state index contributed by atoms with van der Waals surface area (Å²) in [4.78, 5) is 4.82. The SMILES string of the molecule is CCS(=O)(=O)c1ccc2nc(NCc3ccc(O)cc3)ccc2c1. The van der Waals surface area contributed by atoms with Crippen molar-refractivity contribution in [1.29, 1.82) is 0 Å². The Morgan fingerprint density at radius 1 is 1.04 bits per heavy atom. The van der Waals surface area contributed by atoms with Crippen LogP contribution in [-0.2, 0) is 16.4 Å². The quantitative estimate of drug-likeness (QED) is 0.743. The Bertz CT molecular complexity index is 967. The van der Waals surface area contributed by atoms with Crippen LogP contribution in [0.4, 0.5) is 5.82 Å². The van der Waals surface area contributed by atoms with Gasteiger partial charge in [-0.1, -0.05) is 19.1 Å². The van der Waals surface area contributed by atoms with Crippen molar-refractivity contribution < 1.29 is 13.5 Å². The maximum Gasteiger partial charge on any atom is 0.178 e. The molecule has 1 heterocycles. The maximum absolute atomic E-state index is 11.9. The number of aromatic hydroxyl groups is 1. The van der Waals surface area contributed by atoms with E-state index in [2.05, 4.69) is 10.3 Å². The largest absolute Gasteiger partial charge is 0.508 e. The van der Waals surface area contributed by atoms with E-state index in [1.54, 1.807) is 37.3 Å². The molecule has 3 rings (SSSR count). The fourth-order valence-corrected chi connectivity index (χ4v) is 3.28. The average Bonchev–Trinajstić information content (AvgIpc) is 2.60. The molecule has 3 aromatic rings. The van der Waals surface area contributed by atoms with Crippen LogP contribution in [0.15, 0.2) is 59.5 Å². The minimum Gasteiger partial charge on any atom is -0.508 e. The number of hydrogen-bond acceptors (Lipinski definition) is 5. The van der Waals surface area contributed by atoms with Gasteiger partial charge in [0.1, 0.15) is 11.6 Å². The molecule has 0 aliphatic rings. The summed E-state index contributed by atoms with van der Waals surface area (Å²) in [6.07, 6.45) is 0. The van der Waals surface area contributed by atoms with Crippen LogP contribution in [0.1, 0.15) is 12.5 Å². The first-order valence-corrected chi connectivity index (χ1v) is 9.28. The summed E-state index contributed by atoms with van der Waals surface area (Å²) in [5, 5.41) is 13.3. The molecule has 0 aliphatic heterocycles. The summed E-state index contributed by atoms with van der Waals surface area (Å²) in [6, 6.07) is 15.6. The second-order valence-electron chi connectivity index (χ2n) is 5.47. The summed E-state index contributed by atoms with van der Waals surface area (Å²) in [5.74, 6) is 1.03. The van der Waals surface area contributed by atoms with Gasteiger partial charge >= 0.3 is 0 Å². The highest BCUT2D eigenvalue weighted by molar-refractivity contribution is 7.91. The molecule has 2 N–H and O–H groups in total. The molecule has 5 nitrogen and oxygen atoms in total. The van der Waals surface area contributed by atoms with Gasteiger partial charge in [-0.05, 0) is 48.0 Å². The normalized spacial score (nSPS) is 11.5. The molecule has 124 valence electrons. The third-order valence-electron chi connectivity index (χ3n) is 3.81. The lowest BCUT2D eigenvalue weighted by Crippen LogP contribution is -2.04.